The Labute approximate surface area is 110 Å². The third-order valence-corrected chi connectivity index (χ3v) is 2.41. The molecule has 0 aliphatic carbocycles. The van der Waals surface area contributed by atoms with E-state index in [4.69, 9.17) is 4.52 Å². The van der Waals surface area contributed by atoms with Crippen molar-refractivity contribution in [2.75, 3.05) is 18.4 Å². The second-order valence-corrected chi connectivity index (χ2v) is 3.80. The molecule has 0 spiro atoms. The summed E-state index contributed by atoms with van der Waals surface area (Å²) in [6.45, 7) is 3.22. The molecule has 2 aromatic heterocycles. The summed E-state index contributed by atoms with van der Waals surface area (Å²) in [5, 5.41) is 9.32. The van der Waals surface area contributed by atoms with Crippen molar-refractivity contribution in [1.29, 1.82) is 0 Å². The van der Waals surface area contributed by atoms with Crippen LogP contribution in [0.2, 0.25) is 0 Å². The number of nitrogens with zero attached hydrogens (tertiary/aromatic N) is 3. The maximum atomic E-state index is 11.8. The van der Waals surface area contributed by atoms with Crippen LogP contribution in [0.3, 0.4) is 0 Å². The van der Waals surface area contributed by atoms with Crippen LogP contribution in [0, 0.1) is 0 Å². The highest BCUT2D eigenvalue weighted by atomic mass is 16.5. The van der Waals surface area contributed by atoms with E-state index in [2.05, 4.69) is 25.8 Å². The van der Waals surface area contributed by atoms with Gasteiger partial charge in [0.25, 0.3) is 5.91 Å². The van der Waals surface area contributed by atoms with Crippen molar-refractivity contribution in [2.45, 2.75) is 13.3 Å². The highest BCUT2D eigenvalue weighted by molar-refractivity contribution is 5.94. The summed E-state index contributed by atoms with van der Waals surface area (Å²) in [6, 6.07) is 3.50. The molecule has 0 atom stereocenters. The van der Waals surface area contributed by atoms with E-state index >= 15 is 0 Å². The number of carbonyl (C=O) groups is 1. The number of nitrogens with one attached hydrogen (secondary N) is 2. The Morgan fingerprint density at radius 3 is 2.89 bits per heavy atom. The van der Waals surface area contributed by atoms with E-state index in [0.29, 0.717) is 24.4 Å². The molecule has 0 saturated heterocycles. The van der Waals surface area contributed by atoms with Gasteiger partial charge >= 0.3 is 0 Å². The SMILES string of the molecule is CCNc1ccc(C(=O)NCCc2ncno2)cn1. The van der Waals surface area contributed by atoms with Crippen molar-refractivity contribution in [3.63, 3.8) is 0 Å². The highest BCUT2D eigenvalue weighted by Crippen LogP contribution is 2.04. The van der Waals surface area contributed by atoms with Crippen LogP contribution < -0.4 is 10.6 Å². The van der Waals surface area contributed by atoms with E-state index in [9.17, 15) is 4.79 Å². The average Bonchev–Trinajstić information content (AvgIpc) is 2.93. The van der Waals surface area contributed by atoms with Gasteiger partial charge in [-0.25, -0.2) is 4.98 Å². The fourth-order valence-electron chi connectivity index (χ4n) is 1.51. The lowest BCUT2D eigenvalue weighted by atomic mass is 10.2. The number of anilines is 1. The van der Waals surface area contributed by atoms with Crippen molar-refractivity contribution in [1.82, 2.24) is 20.4 Å². The first kappa shape index (κ1) is 13.0. The van der Waals surface area contributed by atoms with Gasteiger partial charge in [0.1, 0.15) is 5.82 Å². The lowest BCUT2D eigenvalue weighted by molar-refractivity contribution is 0.0953. The zero-order valence-electron chi connectivity index (χ0n) is 10.6. The molecule has 1 amide bonds. The molecule has 100 valence electrons. The van der Waals surface area contributed by atoms with E-state index in [-0.39, 0.29) is 5.91 Å². The summed E-state index contributed by atoms with van der Waals surface area (Å²) in [5.41, 5.74) is 0.521. The molecule has 0 unspecified atom stereocenters. The largest absolute Gasteiger partial charge is 0.370 e. The van der Waals surface area contributed by atoms with Crippen LogP contribution in [-0.2, 0) is 6.42 Å². The number of carbonyl (C=O) groups excluding carboxylic acids is 1. The average molecular weight is 261 g/mol. The first-order valence-electron chi connectivity index (χ1n) is 6.03. The summed E-state index contributed by atoms with van der Waals surface area (Å²) in [7, 11) is 0. The number of rotatable bonds is 6. The fraction of sp³-hybridized carbons (Fsp3) is 0.333. The number of aromatic nitrogens is 3. The van der Waals surface area contributed by atoms with Crippen molar-refractivity contribution < 1.29 is 9.32 Å². The molecule has 0 aliphatic rings. The van der Waals surface area contributed by atoms with Crippen molar-refractivity contribution in [2.24, 2.45) is 0 Å². The molecule has 2 aromatic rings. The number of pyridine rings is 1. The van der Waals surface area contributed by atoms with Crippen molar-refractivity contribution in [3.8, 4) is 0 Å². The Balaban J connectivity index is 1.82. The lowest BCUT2D eigenvalue weighted by Gasteiger charge is -2.05. The number of hydrogen-bond donors (Lipinski definition) is 2. The van der Waals surface area contributed by atoms with Crippen LogP contribution in [0.5, 0.6) is 0 Å². The van der Waals surface area contributed by atoms with Gasteiger partial charge in [-0.2, -0.15) is 4.98 Å². The van der Waals surface area contributed by atoms with E-state index in [1.807, 2.05) is 6.92 Å². The first-order chi connectivity index (χ1) is 9.29. The molecule has 2 N–H and O–H groups in total. The summed E-state index contributed by atoms with van der Waals surface area (Å²) in [6.07, 6.45) is 3.38. The van der Waals surface area contributed by atoms with E-state index in [1.54, 1.807) is 18.3 Å². The minimum absolute atomic E-state index is 0.171. The van der Waals surface area contributed by atoms with Gasteiger partial charge in [0, 0.05) is 25.7 Å². The standard InChI is InChI=1S/C12H15N5O2/c1-2-13-10-4-3-9(7-15-10)12(18)14-6-5-11-16-8-17-19-11/h3-4,7-8H,2,5-6H2,1H3,(H,13,15)(H,14,18). The minimum atomic E-state index is -0.171. The molecule has 0 saturated carbocycles. The molecule has 0 aromatic carbocycles. The molecule has 2 heterocycles. The van der Waals surface area contributed by atoms with Crippen molar-refractivity contribution in [3.05, 3.63) is 36.1 Å². The van der Waals surface area contributed by atoms with E-state index in [1.165, 1.54) is 6.33 Å². The van der Waals surface area contributed by atoms with Crippen LogP contribution in [0.15, 0.2) is 29.2 Å². The third kappa shape index (κ3) is 3.77. The van der Waals surface area contributed by atoms with Gasteiger partial charge in [-0.3, -0.25) is 4.79 Å². The fourth-order valence-corrected chi connectivity index (χ4v) is 1.51. The van der Waals surface area contributed by atoms with Crippen LogP contribution >= 0.6 is 0 Å². The van der Waals surface area contributed by atoms with Gasteiger partial charge < -0.3 is 15.2 Å². The molecule has 0 aliphatic heterocycles. The Kier molecular flexibility index (Phi) is 4.44. The second-order valence-electron chi connectivity index (χ2n) is 3.80. The second kappa shape index (κ2) is 6.48. The van der Waals surface area contributed by atoms with Gasteiger partial charge in [0.05, 0.1) is 5.56 Å². The Hall–Kier alpha value is -2.44. The zero-order valence-corrected chi connectivity index (χ0v) is 10.6. The molecule has 19 heavy (non-hydrogen) atoms. The Morgan fingerprint density at radius 1 is 1.37 bits per heavy atom. The van der Waals surface area contributed by atoms with Gasteiger partial charge in [-0.15, -0.1) is 0 Å². The number of amides is 1. The molecule has 7 heteroatoms. The summed E-state index contributed by atoms with van der Waals surface area (Å²) < 4.78 is 4.83. The van der Waals surface area contributed by atoms with Crippen LogP contribution in [0.1, 0.15) is 23.2 Å². The number of hydrogen-bond acceptors (Lipinski definition) is 6. The molecule has 0 radical (unpaired) electrons. The lowest BCUT2D eigenvalue weighted by Crippen LogP contribution is -2.25. The minimum Gasteiger partial charge on any atom is -0.370 e. The van der Waals surface area contributed by atoms with E-state index in [0.717, 1.165) is 12.4 Å². The van der Waals surface area contributed by atoms with Gasteiger partial charge in [-0.05, 0) is 19.1 Å². The maximum absolute atomic E-state index is 11.8. The first-order valence-corrected chi connectivity index (χ1v) is 6.03. The summed E-state index contributed by atoms with van der Waals surface area (Å²) in [5.74, 6) is 1.08. The molecule has 2 rings (SSSR count). The van der Waals surface area contributed by atoms with Gasteiger partial charge in [-0.1, -0.05) is 5.16 Å². The third-order valence-electron chi connectivity index (χ3n) is 2.41. The highest BCUT2D eigenvalue weighted by Gasteiger charge is 2.06. The van der Waals surface area contributed by atoms with Gasteiger partial charge in [0.2, 0.25) is 5.89 Å². The summed E-state index contributed by atoms with van der Waals surface area (Å²) in [4.78, 5) is 19.8. The predicted molar refractivity (Wildman–Crippen MR) is 68.7 cm³/mol. The smallest absolute Gasteiger partial charge is 0.252 e. The Bertz CT molecular complexity index is 509. The Morgan fingerprint density at radius 2 is 2.26 bits per heavy atom. The topological polar surface area (TPSA) is 92.9 Å². The normalized spacial score (nSPS) is 10.2. The van der Waals surface area contributed by atoms with Crippen LogP contribution in [0.25, 0.3) is 0 Å². The van der Waals surface area contributed by atoms with Crippen LogP contribution in [0.4, 0.5) is 5.82 Å². The molecular weight excluding hydrogens is 246 g/mol. The van der Waals surface area contributed by atoms with Gasteiger partial charge in [0.15, 0.2) is 6.33 Å². The molecular formula is C12H15N5O2. The summed E-state index contributed by atoms with van der Waals surface area (Å²) >= 11 is 0. The monoisotopic (exact) mass is 261 g/mol. The predicted octanol–water partition coefficient (Wildman–Crippen LogP) is 0.869. The van der Waals surface area contributed by atoms with Crippen molar-refractivity contribution >= 4 is 11.7 Å². The molecule has 7 nitrogen and oxygen atoms in total. The van der Waals surface area contributed by atoms with E-state index < -0.39 is 0 Å². The molecule has 0 fully saturated rings. The zero-order chi connectivity index (χ0) is 13.5. The maximum Gasteiger partial charge on any atom is 0.252 e. The molecule has 0 bridgehead atoms. The quantitative estimate of drug-likeness (QED) is 0.801. The van der Waals surface area contributed by atoms with Crippen LogP contribution in [-0.4, -0.2) is 34.1 Å².